The van der Waals surface area contributed by atoms with Crippen molar-refractivity contribution in [3.05, 3.63) is 108 Å². The van der Waals surface area contributed by atoms with E-state index in [4.69, 9.17) is 0 Å². The van der Waals surface area contributed by atoms with Crippen LogP contribution in [0.15, 0.2) is 91.0 Å². The Bertz CT molecular complexity index is 803. The van der Waals surface area contributed by atoms with E-state index in [1.165, 1.54) is 32.5 Å². The minimum Gasteiger partial charge on any atom is -0.0867 e. The molecule has 3 aromatic rings. The van der Waals surface area contributed by atoms with Gasteiger partial charge in [0.2, 0.25) is 0 Å². The molecule has 0 radical (unpaired) electrons. The summed E-state index contributed by atoms with van der Waals surface area (Å²) < 4.78 is 0. The Balaban J connectivity index is 1.94. The van der Waals surface area contributed by atoms with Gasteiger partial charge in [0.05, 0.1) is 0 Å². The molecular formula is C33H45Al. The number of hydrogen-bond acceptors (Lipinski definition) is 0. The minimum atomic E-state index is -1.09. The molecule has 0 amide bonds. The van der Waals surface area contributed by atoms with Crippen molar-refractivity contribution in [3.8, 4) is 0 Å². The lowest BCUT2D eigenvalue weighted by Crippen LogP contribution is -2.27. The summed E-state index contributed by atoms with van der Waals surface area (Å²) in [5.74, 6) is 3.97. The van der Waals surface area contributed by atoms with Gasteiger partial charge in [-0.15, -0.1) is 0 Å². The smallest absolute Gasteiger partial charge is 0.0867 e. The first-order valence-corrected chi connectivity index (χ1v) is 16.0. The molecule has 0 saturated heterocycles. The van der Waals surface area contributed by atoms with E-state index in [1.54, 1.807) is 0 Å². The van der Waals surface area contributed by atoms with E-state index in [0.29, 0.717) is 35.5 Å². The van der Waals surface area contributed by atoms with Crippen molar-refractivity contribution < 1.29 is 0 Å². The number of rotatable bonds is 12. The third kappa shape index (κ3) is 7.60. The normalized spacial score (nSPS) is 14.4. The standard InChI is InChI=1S/3C11H15.Al/c3*1-9(2)10(3)11-7-5-4-6-8-11;/h3*4-10H,3H2,1-2H3;. The summed E-state index contributed by atoms with van der Waals surface area (Å²) in [6.07, 6.45) is 0. The first-order valence-electron chi connectivity index (χ1n) is 13.5. The van der Waals surface area contributed by atoms with Crippen molar-refractivity contribution in [2.75, 3.05) is 0 Å². The maximum absolute atomic E-state index is 2.43. The van der Waals surface area contributed by atoms with Gasteiger partial charge in [-0.3, -0.25) is 0 Å². The second-order valence-corrected chi connectivity index (χ2v) is 14.5. The number of hydrogen-bond donors (Lipinski definition) is 0. The van der Waals surface area contributed by atoms with Crippen molar-refractivity contribution in [2.45, 2.75) is 75.1 Å². The quantitative estimate of drug-likeness (QED) is 0.232. The maximum Gasteiger partial charge on any atom is 0.263 e. The summed E-state index contributed by atoms with van der Waals surface area (Å²) in [7, 11) is 0. The van der Waals surface area contributed by atoms with Crippen LogP contribution in [0.3, 0.4) is 0 Å². The summed E-state index contributed by atoms with van der Waals surface area (Å²) in [4.78, 5) is 0. The van der Waals surface area contributed by atoms with Gasteiger partial charge in [-0.05, 0) is 52.2 Å². The zero-order chi connectivity index (χ0) is 24.5. The summed E-state index contributed by atoms with van der Waals surface area (Å²) in [6.45, 7) is 14.6. The molecule has 0 aromatic heterocycles. The summed E-state index contributed by atoms with van der Waals surface area (Å²) in [5, 5.41) is 4.19. The second kappa shape index (κ2) is 13.3. The predicted molar refractivity (Wildman–Crippen MR) is 152 cm³/mol. The lowest BCUT2D eigenvalue weighted by Gasteiger charge is -2.32. The molecule has 0 fully saturated rings. The predicted octanol–water partition coefficient (Wildman–Crippen LogP) is 9.80. The topological polar surface area (TPSA) is 0 Å². The van der Waals surface area contributed by atoms with Gasteiger partial charge in [0.15, 0.2) is 0 Å². The molecule has 180 valence electrons. The van der Waals surface area contributed by atoms with Crippen molar-refractivity contribution in [3.63, 3.8) is 0 Å². The van der Waals surface area contributed by atoms with Gasteiger partial charge >= 0.3 is 0 Å². The van der Waals surface area contributed by atoms with Crippen LogP contribution in [0.2, 0.25) is 15.8 Å². The molecule has 0 spiro atoms. The van der Waals surface area contributed by atoms with E-state index >= 15 is 0 Å². The zero-order valence-electron chi connectivity index (χ0n) is 22.3. The fourth-order valence-electron chi connectivity index (χ4n) is 5.85. The van der Waals surface area contributed by atoms with Gasteiger partial charge in [-0.2, -0.15) is 0 Å². The highest BCUT2D eigenvalue weighted by Gasteiger charge is 2.33. The highest BCUT2D eigenvalue weighted by atomic mass is 27.2. The monoisotopic (exact) mass is 468 g/mol. The van der Waals surface area contributed by atoms with Crippen LogP contribution < -0.4 is 0 Å². The first kappa shape index (κ1) is 26.8. The van der Waals surface area contributed by atoms with Gasteiger partial charge in [0.1, 0.15) is 0 Å². The second-order valence-electron chi connectivity index (χ2n) is 11.4. The lowest BCUT2D eigenvalue weighted by atomic mass is 9.89. The van der Waals surface area contributed by atoms with Crippen molar-refractivity contribution in [1.29, 1.82) is 0 Å². The van der Waals surface area contributed by atoms with Crippen LogP contribution >= 0.6 is 0 Å². The van der Waals surface area contributed by atoms with E-state index in [-0.39, 0.29) is 0 Å². The molecule has 0 aliphatic heterocycles. The van der Waals surface area contributed by atoms with Gasteiger partial charge in [0.25, 0.3) is 14.1 Å². The van der Waals surface area contributed by atoms with E-state index < -0.39 is 14.1 Å². The highest BCUT2D eigenvalue weighted by Crippen LogP contribution is 2.40. The van der Waals surface area contributed by atoms with Crippen LogP contribution in [0.4, 0.5) is 0 Å². The summed E-state index contributed by atoms with van der Waals surface area (Å²) >= 11 is -1.09. The van der Waals surface area contributed by atoms with Crippen molar-refractivity contribution in [2.24, 2.45) is 17.8 Å². The molecule has 0 N–H and O–H groups in total. The third-order valence-electron chi connectivity index (χ3n) is 7.86. The molecule has 0 aliphatic rings. The van der Waals surface area contributed by atoms with E-state index in [1.807, 2.05) is 0 Å². The molecule has 0 saturated carbocycles. The minimum absolute atomic E-state index is 0.657. The van der Waals surface area contributed by atoms with Gasteiger partial charge in [0, 0.05) is 0 Å². The molecule has 0 aliphatic carbocycles. The molecule has 34 heavy (non-hydrogen) atoms. The molecule has 0 bridgehead atoms. The van der Waals surface area contributed by atoms with Crippen LogP contribution in [-0.4, -0.2) is 14.1 Å². The maximum atomic E-state index is 2.43. The van der Waals surface area contributed by atoms with E-state index in [9.17, 15) is 0 Å². The Morgan fingerprint density at radius 1 is 0.412 bits per heavy atom. The van der Waals surface area contributed by atoms with Crippen LogP contribution in [0.1, 0.15) is 76.0 Å². The van der Waals surface area contributed by atoms with E-state index in [0.717, 1.165) is 0 Å². The first-order chi connectivity index (χ1) is 16.4. The zero-order valence-corrected chi connectivity index (χ0v) is 23.5. The largest absolute Gasteiger partial charge is 0.263 e. The Morgan fingerprint density at radius 3 is 0.853 bits per heavy atom. The number of benzene rings is 3. The molecule has 3 unspecified atom stereocenters. The summed E-state index contributed by atoms with van der Waals surface area (Å²) in [5.41, 5.74) is 4.62. The van der Waals surface area contributed by atoms with Gasteiger partial charge in [-0.1, -0.05) is 148 Å². The third-order valence-corrected chi connectivity index (χ3v) is 11.4. The van der Waals surface area contributed by atoms with Crippen molar-refractivity contribution in [1.82, 2.24) is 0 Å². The lowest BCUT2D eigenvalue weighted by molar-refractivity contribution is 0.499. The fraction of sp³-hybridized carbons (Fsp3) is 0.455. The molecule has 0 heterocycles. The Labute approximate surface area is 214 Å². The van der Waals surface area contributed by atoms with Gasteiger partial charge < -0.3 is 0 Å². The molecule has 0 nitrogen and oxygen atoms in total. The SMILES string of the molecule is CC(C)C([CH2][Al]([CH2]C(c1ccccc1)C(C)C)[CH2]C(c1ccccc1)C(C)C)c1ccccc1. The van der Waals surface area contributed by atoms with Crippen LogP contribution in [0.5, 0.6) is 0 Å². The average Bonchev–Trinajstić information content (AvgIpc) is 2.84. The van der Waals surface area contributed by atoms with Crippen LogP contribution in [-0.2, 0) is 0 Å². The van der Waals surface area contributed by atoms with E-state index in [2.05, 4.69) is 133 Å². The Hall–Kier alpha value is -1.81. The van der Waals surface area contributed by atoms with Crippen molar-refractivity contribution >= 4 is 14.1 Å². The summed E-state index contributed by atoms with van der Waals surface area (Å²) in [6, 6.07) is 34.0. The van der Waals surface area contributed by atoms with Crippen LogP contribution in [0, 0.1) is 17.8 Å². The molecule has 1 heteroatoms. The molecular weight excluding hydrogens is 423 g/mol. The average molecular weight is 469 g/mol. The van der Waals surface area contributed by atoms with Crippen LogP contribution in [0.25, 0.3) is 0 Å². The molecule has 3 atom stereocenters. The van der Waals surface area contributed by atoms with Gasteiger partial charge in [-0.25, -0.2) is 0 Å². The highest BCUT2D eigenvalue weighted by molar-refractivity contribution is 6.59. The molecule has 3 rings (SSSR count). The fourth-order valence-corrected chi connectivity index (χ4v) is 11.0. The molecule has 3 aromatic carbocycles. The Morgan fingerprint density at radius 2 is 0.647 bits per heavy atom. The Kier molecular flexibility index (Phi) is 10.5.